The Labute approximate surface area is 336 Å². The number of hydrogen-bond acceptors (Lipinski definition) is 3. The van der Waals surface area contributed by atoms with Crippen LogP contribution in [0.4, 0.5) is 17.1 Å². The Kier molecular flexibility index (Phi) is 6.98. The molecule has 0 saturated carbocycles. The first-order chi connectivity index (χ1) is 28.5. The van der Waals surface area contributed by atoms with Crippen molar-refractivity contribution in [2.75, 3.05) is 4.90 Å². The molecule has 0 aliphatic heterocycles. The standard InChI is InChI=1S/C55H37NO2/c1-55(2)46-23-8-5-16-39(46)41-20-12-25-48(53(41)55)56(37-30-28-34(29-31-37)38-19-13-27-50-52(38)44-18-7-10-26-49(44)57-50)47-24-9-6-17-40(47)42-21-11-22-43-45-32-35-14-3-4-15-36(35)33-51(45)58-54(42)43/h3-33H,1-2H3. The molecule has 0 radical (unpaired) electrons. The molecule has 1 aliphatic carbocycles. The van der Waals surface area contributed by atoms with Gasteiger partial charge >= 0.3 is 0 Å². The van der Waals surface area contributed by atoms with E-state index in [1.165, 1.54) is 33.0 Å². The van der Waals surface area contributed by atoms with Crippen LogP contribution >= 0.6 is 0 Å². The smallest absolute Gasteiger partial charge is 0.143 e. The summed E-state index contributed by atoms with van der Waals surface area (Å²) in [5.74, 6) is 0. The highest BCUT2D eigenvalue weighted by Gasteiger charge is 2.39. The Morgan fingerprint density at radius 2 is 1.03 bits per heavy atom. The molecule has 3 nitrogen and oxygen atoms in total. The molecule has 0 saturated heterocycles. The molecule has 0 spiro atoms. The molecular weight excluding hydrogens is 707 g/mol. The zero-order chi connectivity index (χ0) is 38.5. The summed E-state index contributed by atoms with van der Waals surface area (Å²) in [6.45, 7) is 4.73. The van der Waals surface area contributed by atoms with Crippen molar-refractivity contribution in [1.82, 2.24) is 0 Å². The van der Waals surface area contributed by atoms with Gasteiger partial charge in [0.05, 0.1) is 11.4 Å². The first-order valence-electron chi connectivity index (χ1n) is 20.0. The normalized spacial score (nSPS) is 13.1. The summed E-state index contributed by atoms with van der Waals surface area (Å²) in [5.41, 5.74) is 16.4. The lowest BCUT2D eigenvalue weighted by molar-refractivity contribution is 0.660. The maximum Gasteiger partial charge on any atom is 0.143 e. The van der Waals surface area contributed by atoms with Gasteiger partial charge in [0.1, 0.15) is 22.3 Å². The second-order valence-electron chi connectivity index (χ2n) is 16.0. The topological polar surface area (TPSA) is 29.5 Å². The summed E-state index contributed by atoms with van der Waals surface area (Å²) in [5, 5.41) is 6.88. The molecule has 0 atom stereocenters. The third kappa shape index (κ3) is 4.74. The summed E-state index contributed by atoms with van der Waals surface area (Å²) in [7, 11) is 0. The quantitative estimate of drug-likeness (QED) is 0.176. The van der Waals surface area contributed by atoms with Gasteiger partial charge < -0.3 is 13.7 Å². The van der Waals surface area contributed by atoms with Crippen molar-refractivity contribution in [3.8, 4) is 33.4 Å². The lowest BCUT2D eigenvalue weighted by Crippen LogP contribution is -2.21. The van der Waals surface area contributed by atoms with Crippen LogP contribution < -0.4 is 4.90 Å². The molecule has 1 aliphatic rings. The summed E-state index contributed by atoms with van der Waals surface area (Å²) >= 11 is 0. The van der Waals surface area contributed by atoms with Crippen molar-refractivity contribution >= 4 is 71.7 Å². The van der Waals surface area contributed by atoms with E-state index >= 15 is 0 Å². The lowest BCUT2D eigenvalue weighted by atomic mass is 9.81. The van der Waals surface area contributed by atoms with Gasteiger partial charge in [0, 0.05) is 43.8 Å². The molecule has 0 N–H and O–H groups in total. The number of fused-ring (bicyclic) bond motifs is 10. The number of nitrogens with zero attached hydrogens (tertiary/aromatic N) is 1. The van der Waals surface area contributed by atoms with E-state index in [0.717, 1.165) is 83.2 Å². The van der Waals surface area contributed by atoms with Gasteiger partial charge in [-0.3, -0.25) is 0 Å². The fourth-order valence-electron chi connectivity index (χ4n) is 9.81. The van der Waals surface area contributed by atoms with Crippen molar-refractivity contribution in [3.05, 3.63) is 199 Å². The monoisotopic (exact) mass is 743 g/mol. The van der Waals surface area contributed by atoms with Crippen molar-refractivity contribution in [1.29, 1.82) is 0 Å². The Hall–Kier alpha value is -7.36. The largest absolute Gasteiger partial charge is 0.456 e. The maximum absolute atomic E-state index is 6.84. The van der Waals surface area contributed by atoms with Gasteiger partial charge in [-0.2, -0.15) is 0 Å². The molecule has 0 amide bonds. The number of hydrogen-bond donors (Lipinski definition) is 0. The predicted octanol–water partition coefficient (Wildman–Crippen LogP) is 15.7. The van der Waals surface area contributed by atoms with Crippen molar-refractivity contribution in [2.45, 2.75) is 19.3 Å². The predicted molar refractivity (Wildman–Crippen MR) is 242 cm³/mol. The van der Waals surface area contributed by atoms with E-state index in [2.05, 4.69) is 195 Å². The van der Waals surface area contributed by atoms with Crippen LogP contribution in [-0.2, 0) is 5.41 Å². The molecular formula is C55H37NO2. The zero-order valence-electron chi connectivity index (χ0n) is 32.2. The van der Waals surface area contributed by atoms with E-state index in [0.29, 0.717) is 0 Å². The second kappa shape index (κ2) is 12.3. The van der Waals surface area contributed by atoms with E-state index in [1.54, 1.807) is 0 Å². The molecule has 2 aromatic heterocycles. The van der Waals surface area contributed by atoms with E-state index < -0.39 is 0 Å². The van der Waals surface area contributed by atoms with Crippen molar-refractivity contribution in [2.24, 2.45) is 0 Å². The third-order valence-corrected chi connectivity index (χ3v) is 12.4. The van der Waals surface area contributed by atoms with Crippen LogP contribution in [0.25, 0.3) is 88.0 Å². The summed E-state index contributed by atoms with van der Waals surface area (Å²) in [6, 6.07) is 67.7. The molecule has 58 heavy (non-hydrogen) atoms. The average molecular weight is 744 g/mol. The summed E-state index contributed by atoms with van der Waals surface area (Å²) in [6.07, 6.45) is 0. The summed E-state index contributed by atoms with van der Waals surface area (Å²) < 4.78 is 13.1. The average Bonchev–Trinajstić information content (AvgIpc) is 3.91. The molecule has 274 valence electrons. The highest BCUT2D eigenvalue weighted by Crippen LogP contribution is 2.55. The van der Waals surface area contributed by atoms with Gasteiger partial charge in [-0.05, 0) is 92.7 Å². The second-order valence-corrected chi connectivity index (χ2v) is 16.0. The van der Waals surface area contributed by atoms with Gasteiger partial charge in [-0.25, -0.2) is 0 Å². The molecule has 0 unspecified atom stereocenters. The van der Waals surface area contributed by atoms with Gasteiger partial charge in [0.25, 0.3) is 0 Å². The first kappa shape index (κ1) is 32.8. The minimum absolute atomic E-state index is 0.228. The number of rotatable bonds is 5. The fraction of sp³-hybridized carbons (Fsp3) is 0.0545. The van der Waals surface area contributed by atoms with Crippen molar-refractivity contribution < 1.29 is 8.83 Å². The molecule has 9 aromatic carbocycles. The molecule has 0 fully saturated rings. The molecule has 0 bridgehead atoms. The fourth-order valence-corrected chi connectivity index (χ4v) is 9.81. The highest BCUT2D eigenvalue weighted by atomic mass is 16.3. The van der Waals surface area contributed by atoms with Gasteiger partial charge in [-0.1, -0.05) is 153 Å². The Morgan fingerprint density at radius 1 is 0.414 bits per heavy atom. The first-order valence-corrected chi connectivity index (χ1v) is 20.0. The van der Waals surface area contributed by atoms with Gasteiger partial charge in [-0.15, -0.1) is 0 Å². The number of furan rings is 2. The Balaban J connectivity index is 1.09. The van der Waals surface area contributed by atoms with E-state index in [1.807, 2.05) is 12.1 Å². The van der Waals surface area contributed by atoms with Crippen LogP contribution in [0.5, 0.6) is 0 Å². The van der Waals surface area contributed by atoms with E-state index in [9.17, 15) is 0 Å². The summed E-state index contributed by atoms with van der Waals surface area (Å²) in [4.78, 5) is 2.47. The number of anilines is 3. The van der Waals surface area contributed by atoms with Crippen LogP contribution in [-0.4, -0.2) is 0 Å². The maximum atomic E-state index is 6.84. The third-order valence-electron chi connectivity index (χ3n) is 12.4. The van der Waals surface area contributed by atoms with Crippen LogP contribution in [0.15, 0.2) is 197 Å². The minimum Gasteiger partial charge on any atom is -0.456 e. The van der Waals surface area contributed by atoms with Gasteiger partial charge in [0.2, 0.25) is 0 Å². The van der Waals surface area contributed by atoms with Crippen LogP contribution in [0, 0.1) is 0 Å². The Bertz CT molecular complexity index is 3440. The molecule has 12 rings (SSSR count). The minimum atomic E-state index is -0.228. The SMILES string of the molecule is CC1(C)c2ccccc2-c2cccc(N(c3ccc(-c4cccc5oc6ccccc6c45)cc3)c3ccccc3-c3cccc4c3oc3cc5ccccc5cc34)c21. The Morgan fingerprint density at radius 3 is 1.91 bits per heavy atom. The van der Waals surface area contributed by atoms with Crippen LogP contribution in [0.3, 0.4) is 0 Å². The molecule has 3 heteroatoms. The van der Waals surface area contributed by atoms with E-state index in [-0.39, 0.29) is 5.41 Å². The van der Waals surface area contributed by atoms with Gasteiger partial charge in [0.15, 0.2) is 0 Å². The number of para-hydroxylation sites is 3. The molecule has 2 heterocycles. The molecule has 11 aromatic rings. The zero-order valence-corrected chi connectivity index (χ0v) is 32.2. The highest BCUT2D eigenvalue weighted by molar-refractivity contribution is 6.15. The van der Waals surface area contributed by atoms with Crippen molar-refractivity contribution in [3.63, 3.8) is 0 Å². The van der Waals surface area contributed by atoms with E-state index in [4.69, 9.17) is 8.83 Å². The lowest BCUT2D eigenvalue weighted by Gasteiger charge is -2.33. The number of benzene rings is 9. The van der Waals surface area contributed by atoms with Crippen LogP contribution in [0.2, 0.25) is 0 Å². The van der Waals surface area contributed by atoms with Crippen LogP contribution in [0.1, 0.15) is 25.0 Å².